The van der Waals surface area contributed by atoms with E-state index < -0.39 is 17.8 Å². The standard InChI is InChI=1S/C12H17NO5/c14-11(10-7-17-5-6-18-10)13-9-4-2-1-3-8(9)12(15)16/h7-9H,1-6H2,(H,13,14)(H,15,16). The highest BCUT2D eigenvalue weighted by Crippen LogP contribution is 2.25. The molecule has 0 saturated heterocycles. The lowest BCUT2D eigenvalue weighted by atomic mass is 9.84. The Balaban J connectivity index is 1.96. The minimum Gasteiger partial charge on any atom is -0.494 e. The van der Waals surface area contributed by atoms with Crippen LogP contribution in [0.15, 0.2) is 12.0 Å². The quantitative estimate of drug-likeness (QED) is 0.772. The van der Waals surface area contributed by atoms with Crippen LogP contribution in [-0.4, -0.2) is 36.2 Å². The molecule has 1 fully saturated rings. The van der Waals surface area contributed by atoms with Gasteiger partial charge in [0.25, 0.3) is 5.91 Å². The first kappa shape index (κ1) is 12.7. The van der Waals surface area contributed by atoms with Crippen LogP contribution in [-0.2, 0) is 19.1 Å². The smallest absolute Gasteiger partial charge is 0.308 e. The maximum absolute atomic E-state index is 11.9. The molecule has 0 spiro atoms. The Morgan fingerprint density at radius 2 is 2.06 bits per heavy atom. The Labute approximate surface area is 105 Å². The molecule has 1 aliphatic carbocycles. The molecular formula is C12H17NO5. The topological polar surface area (TPSA) is 84.9 Å². The lowest BCUT2D eigenvalue weighted by Crippen LogP contribution is -2.46. The Kier molecular flexibility index (Phi) is 4.07. The third-order valence-corrected chi connectivity index (χ3v) is 3.27. The minimum absolute atomic E-state index is 0.121. The molecule has 2 rings (SSSR count). The first-order valence-corrected chi connectivity index (χ1v) is 6.16. The van der Waals surface area contributed by atoms with E-state index in [1.807, 2.05) is 0 Å². The molecule has 2 unspecified atom stereocenters. The lowest BCUT2D eigenvalue weighted by molar-refractivity contribution is -0.144. The zero-order valence-corrected chi connectivity index (χ0v) is 10.1. The molecule has 1 aliphatic heterocycles. The fourth-order valence-electron chi connectivity index (χ4n) is 2.33. The van der Waals surface area contributed by atoms with Gasteiger partial charge in [0, 0.05) is 6.04 Å². The van der Waals surface area contributed by atoms with E-state index in [9.17, 15) is 9.59 Å². The molecule has 6 heteroatoms. The van der Waals surface area contributed by atoms with Crippen LogP contribution in [0.5, 0.6) is 0 Å². The SMILES string of the molecule is O=C(NC1CCCCC1C(=O)O)C1=COCCO1. The number of carboxylic acids is 1. The van der Waals surface area contributed by atoms with E-state index in [0.29, 0.717) is 26.1 Å². The van der Waals surface area contributed by atoms with E-state index in [0.717, 1.165) is 12.8 Å². The highest BCUT2D eigenvalue weighted by molar-refractivity contribution is 5.91. The van der Waals surface area contributed by atoms with Crippen molar-refractivity contribution in [3.05, 3.63) is 12.0 Å². The minimum atomic E-state index is -0.852. The molecule has 1 heterocycles. The van der Waals surface area contributed by atoms with Gasteiger partial charge < -0.3 is 19.9 Å². The second-order valence-electron chi connectivity index (χ2n) is 4.51. The summed E-state index contributed by atoms with van der Waals surface area (Å²) in [4.78, 5) is 23.0. The normalized spacial score (nSPS) is 27.4. The third kappa shape index (κ3) is 2.94. The molecule has 6 nitrogen and oxygen atoms in total. The fraction of sp³-hybridized carbons (Fsp3) is 0.667. The largest absolute Gasteiger partial charge is 0.494 e. The van der Waals surface area contributed by atoms with Crippen molar-refractivity contribution in [1.82, 2.24) is 5.32 Å². The van der Waals surface area contributed by atoms with E-state index in [1.54, 1.807) is 0 Å². The number of rotatable bonds is 3. The summed E-state index contributed by atoms with van der Waals surface area (Å²) in [6, 6.07) is -0.324. The first-order valence-electron chi connectivity index (χ1n) is 6.16. The van der Waals surface area contributed by atoms with E-state index in [-0.39, 0.29) is 11.8 Å². The van der Waals surface area contributed by atoms with Crippen LogP contribution in [0, 0.1) is 5.92 Å². The summed E-state index contributed by atoms with van der Waals surface area (Å²) in [5, 5.41) is 11.8. The average Bonchev–Trinajstić information content (AvgIpc) is 2.40. The molecule has 2 N–H and O–H groups in total. The van der Waals surface area contributed by atoms with E-state index in [4.69, 9.17) is 14.6 Å². The van der Waals surface area contributed by atoms with Gasteiger partial charge >= 0.3 is 5.97 Å². The van der Waals surface area contributed by atoms with Gasteiger partial charge in [0.15, 0.2) is 0 Å². The Morgan fingerprint density at radius 1 is 1.28 bits per heavy atom. The molecule has 2 aliphatic rings. The molecule has 2 atom stereocenters. The van der Waals surface area contributed by atoms with Crippen LogP contribution in [0.3, 0.4) is 0 Å². The van der Waals surface area contributed by atoms with Crippen molar-refractivity contribution >= 4 is 11.9 Å². The molecule has 0 aromatic heterocycles. The van der Waals surface area contributed by atoms with Crippen LogP contribution in [0.4, 0.5) is 0 Å². The number of nitrogens with one attached hydrogen (secondary N) is 1. The summed E-state index contributed by atoms with van der Waals surface area (Å²) in [5.74, 6) is -1.63. The summed E-state index contributed by atoms with van der Waals surface area (Å²) < 4.78 is 10.2. The van der Waals surface area contributed by atoms with Crippen molar-refractivity contribution in [3.63, 3.8) is 0 Å². The predicted molar refractivity (Wildman–Crippen MR) is 61.5 cm³/mol. The molecule has 100 valence electrons. The van der Waals surface area contributed by atoms with Gasteiger partial charge in [-0.2, -0.15) is 0 Å². The first-order chi connectivity index (χ1) is 8.68. The second-order valence-corrected chi connectivity index (χ2v) is 4.51. The van der Waals surface area contributed by atoms with Crippen molar-refractivity contribution in [2.24, 2.45) is 5.92 Å². The molecule has 18 heavy (non-hydrogen) atoms. The number of carbonyl (C=O) groups is 2. The van der Waals surface area contributed by atoms with Crippen molar-refractivity contribution in [1.29, 1.82) is 0 Å². The Morgan fingerprint density at radius 3 is 2.72 bits per heavy atom. The number of carbonyl (C=O) groups excluding carboxylic acids is 1. The number of aliphatic carboxylic acids is 1. The number of ether oxygens (including phenoxy) is 2. The van der Waals surface area contributed by atoms with Crippen molar-refractivity contribution in [3.8, 4) is 0 Å². The maximum atomic E-state index is 11.9. The van der Waals surface area contributed by atoms with Gasteiger partial charge in [-0.05, 0) is 12.8 Å². The van der Waals surface area contributed by atoms with Crippen LogP contribution in [0.2, 0.25) is 0 Å². The van der Waals surface area contributed by atoms with Crippen molar-refractivity contribution < 1.29 is 24.2 Å². The third-order valence-electron chi connectivity index (χ3n) is 3.27. The summed E-state index contributed by atoms with van der Waals surface area (Å²) in [6.45, 7) is 0.768. The molecule has 0 bridgehead atoms. The Bertz CT molecular complexity index is 365. The highest BCUT2D eigenvalue weighted by atomic mass is 16.6. The van der Waals surface area contributed by atoms with Crippen molar-refractivity contribution in [2.75, 3.05) is 13.2 Å². The van der Waals surface area contributed by atoms with Gasteiger partial charge in [0.2, 0.25) is 5.76 Å². The van der Waals surface area contributed by atoms with Gasteiger partial charge in [-0.3, -0.25) is 9.59 Å². The fourth-order valence-corrected chi connectivity index (χ4v) is 2.33. The van der Waals surface area contributed by atoms with E-state index in [1.165, 1.54) is 6.26 Å². The van der Waals surface area contributed by atoms with Gasteiger partial charge in [-0.15, -0.1) is 0 Å². The number of amides is 1. The Hall–Kier alpha value is -1.72. The predicted octanol–water partition coefficient (Wildman–Crippen LogP) is 0.634. The van der Waals surface area contributed by atoms with Gasteiger partial charge in [0.1, 0.15) is 19.5 Å². The highest BCUT2D eigenvalue weighted by Gasteiger charge is 2.32. The van der Waals surface area contributed by atoms with Crippen LogP contribution in [0.1, 0.15) is 25.7 Å². The molecule has 0 radical (unpaired) electrons. The van der Waals surface area contributed by atoms with Crippen LogP contribution < -0.4 is 5.32 Å². The van der Waals surface area contributed by atoms with Crippen molar-refractivity contribution in [2.45, 2.75) is 31.7 Å². The molecular weight excluding hydrogens is 238 g/mol. The van der Waals surface area contributed by atoms with Gasteiger partial charge in [0.05, 0.1) is 5.92 Å². The second kappa shape index (κ2) is 5.75. The lowest BCUT2D eigenvalue weighted by Gasteiger charge is -2.29. The average molecular weight is 255 g/mol. The van der Waals surface area contributed by atoms with Crippen LogP contribution in [0.25, 0.3) is 0 Å². The number of carboxylic acid groups (broad SMARTS) is 1. The van der Waals surface area contributed by atoms with E-state index in [2.05, 4.69) is 5.32 Å². The summed E-state index contributed by atoms with van der Waals surface area (Å²) in [7, 11) is 0. The number of hydrogen-bond donors (Lipinski definition) is 2. The monoisotopic (exact) mass is 255 g/mol. The summed E-state index contributed by atoms with van der Waals surface area (Å²) in [6.07, 6.45) is 4.40. The summed E-state index contributed by atoms with van der Waals surface area (Å²) >= 11 is 0. The molecule has 0 aromatic carbocycles. The molecule has 1 amide bonds. The maximum Gasteiger partial charge on any atom is 0.308 e. The zero-order chi connectivity index (χ0) is 13.0. The zero-order valence-electron chi connectivity index (χ0n) is 10.1. The van der Waals surface area contributed by atoms with Gasteiger partial charge in [-0.25, -0.2) is 0 Å². The molecule has 0 aromatic rings. The van der Waals surface area contributed by atoms with Gasteiger partial charge in [-0.1, -0.05) is 12.8 Å². The molecule has 1 saturated carbocycles. The van der Waals surface area contributed by atoms with E-state index >= 15 is 0 Å². The summed E-state index contributed by atoms with van der Waals surface area (Å²) in [5.41, 5.74) is 0. The number of hydrogen-bond acceptors (Lipinski definition) is 4. The van der Waals surface area contributed by atoms with Crippen LogP contribution >= 0.6 is 0 Å².